The van der Waals surface area contributed by atoms with Crippen LogP contribution < -0.4 is 10.1 Å². The highest BCUT2D eigenvalue weighted by atomic mass is 32.1. The minimum absolute atomic E-state index is 0.395. The second kappa shape index (κ2) is 3.87. The molecule has 1 saturated heterocycles. The number of thiazole rings is 1. The molecule has 4 heteroatoms. The molecule has 1 aliphatic rings. The van der Waals surface area contributed by atoms with Crippen LogP contribution in [0.3, 0.4) is 0 Å². The van der Waals surface area contributed by atoms with Crippen LogP contribution in [0.25, 0.3) is 0 Å². The van der Waals surface area contributed by atoms with Gasteiger partial charge in [-0.05, 0) is 25.9 Å². The third-order valence-electron chi connectivity index (χ3n) is 1.98. The van der Waals surface area contributed by atoms with E-state index in [9.17, 15) is 0 Å². The third-order valence-corrected chi connectivity index (χ3v) is 2.64. The molecule has 2 heterocycles. The molecule has 3 nitrogen and oxygen atoms in total. The number of piperidine rings is 1. The van der Waals surface area contributed by atoms with Gasteiger partial charge in [-0.15, -0.1) is 0 Å². The quantitative estimate of drug-likeness (QED) is 0.751. The smallest absolute Gasteiger partial charge is 0.194 e. The second-order valence-corrected chi connectivity index (χ2v) is 3.74. The summed E-state index contributed by atoms with van der Waals surface area (Å²) in [5.74, 6) is 0. The third kappa shape index (κ3) is 1.95. The Morgan fingerprint density at radius 2 is 2.33 bits per heavy atom. The fourth-order valence-electron chi connectivity index (χ4n) is 1.34. The number of rotatable bonds is 2. The molecule has 0 aliphatic carbocycles. The molecule has 1 N–H and O–H groups in total. The number of nitrogens with zero attached hydrogens (tertiary/aromatic N) is 1. The van der Waals surface area contributed by atoms with Crippen LogP contribution in [-0.2, 0) is 0 Å². The highest BCUT2D eigenvalue weighted by Gasteiger charge is 2.14. The Kier molecular flexibility index (Phi) is 2.58. The highest BCUT2D eigenvalue weighted by molar-refractivity contribution is 7.11. The Bertz CT molecular complexity index is 219. The monoisotopic (exact) mass is 184 g/mol. The van der Waals surface area contributed by atoms with Crippen molar-refractivity contribution in [2.45, 2.75) is 18.9 Å². The first kappa shape index (κ1) is 8.01. The van der Waals surface area contributed by atoms with Gasteiger partial charge in [-0.3, -0.25) is 0 Å². The summed E-state index contributed by atoms with van der Waals surface area (Å²) < 4.78 is 5.71. The Morgan fingerprint density at radius 1 is 1.50 bits per heavy atom. The highest BCUT2D eigenvalue weighted by Crippen LogP contribution is 2.20. The van der Waals surface area contributed by atoms with Gasteiger partial charge in [0.15, 0.2) is 5.06 Å². The number of hydrogen-bond acceptors (Lipinski definition) is 4. The summed E-state index contributed by atoms with van der Waals surface area (Å²) in [6, 6.07) is 0. The minimum Gasteiger partial charge on any atom is -0.479 e. The molecule has 1 fully saturated rings. The van der Waals surface area contributed by atoms with E-state index in [1.807, 2.05) is 0 Å². The van der Waals surface area contributed by atoms with Crippen LogP contribution in [0.1, 0.15) is 12.8 Å². The lowest BCUT2D eigenvalue weighted by molar-refractivity contribution is 0.167. The molecule has 0 amide bonds. The van der Waals surface area contributed by atoms with Crippen molar-refractivity contribution in [3.63, 3.8) is 0 Å². The van der Waals surface area contributed by atoms with Gasteiger partial charge >= 0.3 is 0 Å². The molecule has 0 radical (unpaired) electrons. The van der Waals surface area contributed by atoms with Gasteiger partial charge in [0.05, 0.1) is 11.7 Å². The zero-order valence-corrected chi connectivity index (χ0v) is 7.64. The molecular weight excluding hydrogens is 172 g/mol. The average Bonchev–Trinajstić information content (AvgIpc) is 2.59. The van der Waals surface area contributed by atoms with Crippen molar-refractivity contribution in [3.8, 4) is 5.06 Å². The van der Waals surface area contributed by atoms with E-state index in [1.165, 1.54) is 0 Å². The number of aromatic nitrogens is 1. The van der Waals surface area contributed by atoms with Gasteiger partial charge in [0, 0.05) is 0 Å². The zero-order chi connectivity index (χ0) is 8.23. The fourth-order valence-corrected chi connectivity index (χ4v) is 1.88. The molecular formula is C8H12N2OS. The van der Waals surface area contributed by atoms with Crippen LogP contribution in [0, 0.1) is 0 Å². The first-order valence-corrected chi connectivity index (χ1v) is 5.09. The van der Waals surface area contributed by atoms with Gasteiger partial charge < -0.3 is 10.1 Å². The summed E-state index contributed by atoms with van der Waals surface area (Å²) in [6.07, 6.45) is 4.40. The van der Waals surface area contributed by atoms with Crippen LogP contribution in [0.4, 0.5) is 0 Å². The maximum atomic E-state index is 5.71. The van der Waals surface area contributed by atoms with Crippen molar-refractivity contribution in [2.24, 2.45) is 0 Å². The van der Waals surface area contributed by atoms with Crippen LogP contribution in [-0.4, -0.2) is 24.2 Å². The average molecular weight is 184 g/mol. The molecule has 0 unspecified atom stereocenters. The van der Waals surface area contributed by atoms with Gasteiger partial charge in [0.2, 0.25) is 0 Å². The molecule has 0 aromatic carbocycles. The Balaban J connectivity index is 1.86. The minimum atomic E-state index is 0.395. The van der Waals surface area contributed by atoms with Crippen LogP contribution in [0.2, 0.25) is 0 Å². The van der Waals surface area contributed by atoms with Crippen LogP contribution in [0.15, 0.2) is 11.7 Å². The predicted octanol–water partition coefficient (Wildman–Crippen LogP) is 1.27. The fraction of sp³-hybridized carbons (Fsp3) is 0.625. The summed E-state index contributed by atoms with van der Waals surface area (Å²) >= 11 is 1.56. The first-order chi connectivity index (χ1) is 5.95. The number of hydrogen-bond donors (Lipinski definition) is 1. The predicted molar refractivity (Wildman–Crippen MR) is 48.6 cm³/mol. The summed E-state index contributed by atoms with van der Waals surface area (Å²) in [6.45, 7) is 2.15. The van der Waals surface area contributed by atoms with Crippen molar-refractivity contribution in [1.29, 1.82) is 0 Å². The van der Waals surface area contributed by atoms with Crippen molar-refractivity contribution in [1.82, 2.24) is 10.3 Å². The van der Waals surface area contributed by atoms with Crippen LogP contribution >= 0.6 is 11.3 Å². The molecule has 12 heavy (non-hydrogen) atoms. The number of ether oxygens (including phenoxy) is 1. The molecule has 1 aromatic rings. The maximum Gasteiger partial charge on any atom is 0.194 e. The van der Waals surface area contributed by atoms with E-state index in [-0.39, 0.29) is 0 Å². The maximum absolute atomic E-state index is 5.71. The van der Waals surface area contributed by atoms with E-state index in [0.29, 0.717) is 6.10 Å². The Morgan fingerprint density at radius 3 is 3.00 bits per heavy atom. The van der Waals surface area contributed by atoms with E-state index in [0.717, 1.165) is 31.0 Å². The Hall–Kier alpha value is -0.610. The van der Waals surface area contributed by atoms with E-state index < -0.39 is 0 Å². The lowest BCUT2D eigenvalue weighted by Gasteiger charge is -2.22. The van der Waals surface area contributed by atoms with Crippen LogP contribution in [0.5, 0.6) is 5.06 Å². The SMILES string of the molecule is c1ncc(OC2CCNCC2)s1. The van der Waals surface area contributed by atoms with Gasteiger partial charge in [0.1, 0.15) is 6.10 Å². The molecule has 1 aliphatic heterocycles. The van der Waals surface area contributed by atoms with Gasteiger partial charge in [0.25, 0.3) is 0 Å². The molecule has 2 rings (SSSR count). The zero-order valence-electron chi connectivity index (χ0n) is 6.82. The van der Waals surface area contributed by atoms with Crippen molar-refractivity contribution in [2.75, 3.05) is 13.1 Å². The lowest BCUT2D eigenvalue weighted by atomic mass is 10.1. The normalized spacial score (nSPS) is 19.3. The lowest BCUT2D eigenvalue weighted by Crippen LogP contribution is -2.33. The molecule has 0 saturated carbocycles. The van der Waals surface area contributed by atoms with Gasteiger partial charge in [-0.1, -0.05) is 11.3 Å². The summed E-state index contributed by atoms with van der Waals surface area (Å²) in [5, 5.41) is 4.25. The van der Waals surface area contributed by atoms with Crippen molar-refractivity contribution in [3.05, 3.63) is 11.7 Å². The molecule has 1 aromatic heterocycles. The number of nitrogens with one attached hydrogen (secondary N) is 1. The summed E-state index contributed by atoms with van der Waals surface area (Å²) in [4.78, 5) is 3.97. The van der Waals surface area contributed by atoms with Gasteiger partial charge in [-0.25, -0.2) is 4.98 Å². The van der Waals surface area contributed by atoms with E-state index in [2.05, 4.69) is 10.3 Å². The summed E-state index contributed by atoms with van der Waals surface area (Å²) in [7, 11) is 0. The van der Waals surface area contributed by atoms with Crippen molar-refractivity contribution < 1.29 is 4.74 Å². The summed E-state index contributed by atoms with van der Waals surface area (Å²) in [5.41, 5.74) is 1.80. The van der Waals surface area contributed by atoms with Gasteiger partial charge in [-0.2, -0.15) is 0 Å². The molecule has 0 spiro atoms. The topological polar surface area (TPSA) is 34.1 Å². The largest absolute Gasteiger partial charge is 0.479 e. The first-order valence-electron chi connectivity index (χ1n) is 4.21. The molecule has 0 atom stereocenters. The molecule has 0 bridgehead atoms. The second-order valence-electron chi connectivity index (χ2n) is 2.89. The molecule has 66 valence electrons. The van der Waals surface area contributed by atoms with Crippen molar-refractivity contribution >= 4 is 11.3 Å². The Labute approximate surface area is 75.8 Å². The van der Waals surface area contributed by atoms with E-state index in [4.69, 9.17) is 4.74 Å². The standard InChI is InChI=1S/C8H12N2OS/c1-3-9-4-2-7(1)11-8-5-10-6-12-8/h5-7,9H,1-4H2. The van der Waals surface area contributed by atoms with E-state index in [1.54, 1.807) is 23.0 Å². The van der Waals surface area contributed by atoms with E-state index >= 15 is 0 Å².